The van der Waals surface area contributed by atoms with Gasteiger partial charge in [0.25, 0.3) is 11.6 Å². The third-order valence-electron chi connectivity index (χ3n) is 3.85. The molecule has 2 aromatic carbocycles. The van der Waals surface area contributed by atoms with Crippen molar-refractivity contribution in [3.63, 3.8) is 0 Å². The number of hydrogen-bond donors (Lipinski definition) is 1. The van der Waals surface area contributed by atoms with Gasteiger partial charge in [-0.1, -0.05) is 18.2 Å². The number of furan rings is 1. The van der Waals surface area contributed by atoms with Crippen molar-refractivity contribution in [3.8, 4) is 0 Å². The van der Waals surface area contributed by atoms with Gasteiger partial charge in [-0.3, -0.25) is 19.7 Å². The zero-order valence-corrected chi connectivity index (χ0v) is 14.4. The Labute approximate surface area is 153 Å². The standard InChI is InChI=1S/C19H16N2O6/c1-12-5-6-16-13(10-26-17(16)7-12)8-19(23)27-11-18(22)20-14-3-2-4-15(9-14)21(24)25/h2-7,9-10H,8,11H2,1H3,(H,20,22). The van der Waals surface area contributed by atoms with Crippen LogP contribution < -0.4 is 5.32 Å². The van der Waals surface area contributed by atoms with Crippen LogP contribution in [0.15, 0.2) is 53.1 Å². The molecule has 0 saturated carbocycles. The topological polar surface area (TPSA) is 112 Å². The van der Waals surface area contributed by atoms with Crippen molar-refractivity contribution in [3.05, 3.63) is 70.0 Å². The van der Waals surface area contributed by atoms with Crippen LogP contribution in [0.2, 0.25) is 0 Å². The molecule has 3 aromatic rings. The van der Waals surface area contributed by atoms with E-state index in [0.29, 0.717) is 11.1 Å². The van der Waals surface area contributed by atoms with Gasteiger partial charge in [-0.15, -0.1) is 0 Å². The van der Waals surface area contributed by atoms with Crippen LogP contribution in [0, 0.1) is 17.0 Å². The van der Waals surface area contributed by atoms with Gasteiger partial charge in [-0.2, -0.15) is 0 Å². The lowest BCUT2D eigenvalue weighted by Gasteiger charge is -2.06. The molecule has 0 bridgehead atoms. The number of carbonyl (C=O) groups is 2. The minimum Gasteiger partial charge on any atom is -0.464 e. The van der Waals surface area contributed by atoms with Crippen LogP contribution >= 0.6 is 0 Å². The fourth-order valence-corrected chi connectivity index (χ4v) is 2.57. The minimum atomic E-state index is -0.587. The van der Waals surface area contributed by atoms with Crippen LogP contribution in [0.1, 0.15) is 11.1 Å². The number of amides is 1. The van der Waals surface area contributed by atoms with Gasteiger partial charge >= 0.3 is 5.97 Å². The smallest absolute Gasteiger partial charge is 0.310 e. The number of benzene rings is 2. The number of nitrogens with zero attached hydrogens (tertiary/aromatic N) is 1. The van der Waals surface area contributed by atoms with E-state index in [1.807, 2.05) is 25.1 Å². The van der Waals surface area contributed by atoms with Crippen molar-refractivity contribution in [2.24, 2.45) is 0 Å². The molecular weight excluding hydrogens is 352 g/mol. The van der Waals surface area contributed by atoms with E-state index in [2.05, 4.69) is 5.32 Å². The maximum atomic E-state index is 12.0. The van der Waals surface area contributed by atoms with E-state index in [1.165, 1.54) is 30.5 Å². The summed E-state index contributed by atoms with van der Waals surface area (Å²) in [6.07, 6.45) is 1.47. The Morgan fingerprint density at radius 3 is 2.81 bits per heavy atom. The monoisotopic (exact) mass is 368 g/mol. The quantitative estimate of drug-likeness (QED) is 0.405. The van der Waals surface area contributed by atoms with Crippen LogP contribution in [0.3, 0.4) is 0 Å². The maximum absolute atomic E-state index is 12.0. The van der Waals surface area contributed by atoms with Gasteiger partial charge in [0.1, 0.15) is 5.58 Å². The Kier molecular flexibility index (Phi) is 5.16. The summed E-state index contributed by atoms with van der Waals surface area (Å²) in [7, 11) is 0. The van der Waals surface area contributed by atoms with E-state index in [1.54, 1.807) is 0 Å². The number of carbonyl (C=O) groups excluding carboxylic acids is 2. The van der Waals surface area contributed by atoms with E-state index >= 15 is 0 Å². The number of anilines is 1. The maximum Gasteiger partial charge on any atom is 0.310 e. The molecule has 1 aromatic heterocycles. The summed E-state index contributed by atoms with van der Waals surface area (Å²) in [5, 5.41) is 14.0. The minimum absolute atomic E-state index is 0.0276. The van der Waals surface area contributed by atoms with E-state index in [9.17, 15) is 19.7 Å². The van der Waals surface area contributed by atoms with Gasteiger partial charge in [-0.05, 0) is 24.6 Å². The summed E-state index contributed by atoms with van der Waals surface area (Å²) >= 11 is 0. The van der Waals surface area contributed by atoms with Gasteiger partial charge < -0.3 is 14.5 Å². The molecule has 0 atom stereocenters. The average molecular weight is 368 g/mol. The number of esters is 1. The number of non-ortho nitro benzene ring substituents is 1. The van der Waals surface area contributed by atoms with Crippen LogP contribution in [0.4, 0.5) is 11.4 Å². The van der Waals surface area contributed by atoms with Gasteiger partial charge in [0.05, 0.1) is 17.6 Å². The van der Waals surface area contributed by atoms with E-state index in [4.69, 9.17) is 9.15 Å². The highest BCUT2D eigenvalue weighted by Gasteiger charge is 2.14. The highest BCUT2D eigenvalue weighted by Crippen LogP contribution is 2.23. The Bertz CT molecular complexity index is 1020. The molecule has 1 amide bonds. The number of rotatable bonds is 6. The number of nitro groups is 1. The first-order valence-corrected chi connectivity index (χ1v) is 8.09. The normalized spacial score (nSPS) is 10.6. The second-order valence-corrected chi connectivity index (χ2v) is 5.95. The second-order valence-electron chi connectivity index (χ2n) is 5.95. The van der Waals surface area contributed by atoms with Crippen molar-refractivity contribution in [1.29, 1.82) is 0 Å². The average Bonchev–Trinajstić information content (AvgIpc) is 3.02. The Hall–Kier alpha value is -3.68. The zero-order chi connectivity index (χ0) is 19.4. The summed E-state index contributed by atoms with van der Waals surface area (Å²) < 4.78 is 10.4. The molecule has 138 valence electrons. The third-order valence-corrected chi connectivity index (χ3v) is 3.85. The van der Waals surface area contributed by atoms with Crippen LogP contribution in [-0.2, 0) is 20.7 Å². The first-order valence-electron chi connectivity index (χ1n) is 8.09. The largest absolute Gasteiger partial charge is 0.464 e. The SMILES string of the molecule is Cc1ccc2c(CC(=O)OCC(=O)Nc3cccc([N+](=O)[O-])c3)coc2c1. The molecule has 0 unspecified atom stereocenters. The number of aryl methyl sites for hydroxylation is 1. The molecule has 0 spiro atoms. The number of nitro benzene ring substituents is 1. The molecule has 0 fully saturated rings. The van der Waals surface area contributed by atoms with Crippen LogP contribution in [0.5, 0.6) is 0 Å². The summed E-state index contributed by atoms with van der Waals surface area (Å²) in [4.78, 5) is 34.0. The van der Waals surface area contributed by atoms with E-state index in [0.717, 1.165) is 10.9 Å². The number of hydrogen-bond acceptors (Lipinski definition) is 6. The van der Waals surface area contributed by atoms with Crippen molar-refractivity contribution >= 4 is 34.2 Å². The first kappa shape index (κ1) is 18.1. The molecule has 27 heavy (non-hydrogen) atoms. The Morgan fingerprint density at radius 1 is 1.22 bits per heavy atom. The summed E-state index contributed by atoms with van der Waals surface area (Å²) in [5.74, 6) is -1.16. The molecule has 1 heterocycles. The fraction of sp³-hybridized carbons (Fsp3) is 0.158. The molecule has 0 radical (unpaired) electrons. The lowest BCUT2D eigenvalue weighted by Crippen LogP contribution is -2.21. The molecule has 8 nitrogen and oxygen atoms in total. The Morgan fingerprint density at radius 2 is 2.04 bits per heavy atom. The van der Waals surface area contributed by atoms with Crippen molar-refractivity contribution in [2.45, 2.75) is 13.3 Å². The molecule has 0 aliphatic carbocycles. The van der Waals surface area contributed by atoms with Crippen molar-refractivity contribution in [1.82, 2.24) is 0 Å². The second kappa shape index (κ2) is 7.69. The Balaban J connectivity index is 1.54. The summed E-state index contributed by atoms with van der Waals surface area (Å²) in [5.41, 5.74) is 2.51. The van der Waals surface area contributed by atoms with Gasteiger partial charge in [0, 0.05) is 28.8 Å². The van der Waals surface area contributed by atoms with E-state index < -0.39 is 23.4 Å². The zero-order valence-electron chi connectivity index (χ0n) is 14.4. The van der Waals surface area contributed by atoms with Crippen molar-refractivity contribution in [2.75, 3.05) is 11.9 Å². The molecule has 3 rings (SSSR count). The van der Waals surface area contributed by atoms with E-state index in [-0.39, 0.29) is 17.8 Å². The fourth-order valence-electron chi connectivity index (χ4n) is 2.57. The predicted molar refractivity (Wildman–Crippen MR) is 97.3 cm³/mol. The molecule has 0 aliphatic heterocycles. The number of ether oxygens (including phenoxy) is 1. The predicted octanol–water partition coefficient (Wildman–Crippen LogP) is 3.37. The number of fused-ring (bicyclic) bond motifs is 1. The lowest BCUT2D eigenvalue weighted by atomic mass is 10.1. The highest BCUT2D eigenvalue weighted by molar-refractivity contribution is 5.93. The molecule has 8 heteroatoms. The third kappa shape index (κ3) is 4.49. The van der Waals surface area contributed by atoms with Crippen molar-refractivity contribution < 1.29 is 23.7 Å². The van der Waals surface area contributed by atoms with Crippen LogP contribution in [-0.4, -0.2) is 23.4 Å². The first-order chi connectivity index (χ1) is 12.9. The van der Waals surface area contributed by atoms with Gasteiger partial charge in [0.15, 0.2) is 6.61 Å². The highest BCUT2D eigenvalue weighted by atomic mass is 16.6. The van der Waals surface area contributed by atoms with Gasteiger partial charge in [-0.25, -0.2) is 0 Å². The van der Waals surface area contributed by atoms with Crippen LogP contribution in [0.25, 0.3) is 11.0 Å². The van der Waals surface area contributed by atoms with Gasteiger partial charge in [0.2, 0.25) is 0 Å². The number of nitrogens with one attached hydrogen (secondary N) is 1. The molecule has 1 N–H and O–H groups in total. The molecular formula is C19H16N2O6. The molecule has 0 aliphatic rings. The lowest BCUT2D eigenvalue weighted by molar-refractivity contribution is -0.384. The summed E-state index contributed by atoms with van der Waals surface area (Å²) in [6, 6.07) is 11.1. The molecule has 0 saturated heterocycles. The summed E-state index contributed by atoms with van der Waals surface area (Å²) in [6.45, 7) is 1.45.